The van der Waals surface area contributed by atoms with Crippen LogP contribution in [0.5, 0.6) is 0 Å². The molecule has 2 rings (SSSR count). The minimum Gasteiger partial charge on any atom is -0.323 e. The van der Waals surface area contributed by atoms with Gasteiger partial charge in [-0.2, -0.15) is 5.10 Å². The number of hydrogen-bond donors (Lipinski definition) is 1. The molecule has 0 saturated carbocycles. The number of nitrogens with one attached hydrogen (secondary N) is 1. The quantitative estimate of drug-likeness (QED) is 0.491. The van der Waals surface area contributed by atoms with Crippen molar-refractivity contribution in [1.29, 1.82) is 0 Å². The molecular weight excluding hydrogens is 363 g/mol. The molecule has 0 bridgehead atoms. The summed E-state index contributed by atoms with van der Waals surface area (Å²) in [4.78, 5) is 21.8. The average molecular weight is 375 g/mol. The Bertz CT molecular complexity index is 764. The fraction of sp³-hybridized carbons (Fsp3) is 0.231. The lowest BCUT2D eigenvalue weighted by Crippen LogP contribution is -2.18. The molecular formula is C13H12Cl2N4O3S. The molecule has 0 fully saturated rings. The van der Waals surface area contributed by atoms with Crippen LogP contribution in [0.15, 0.2) is 34.2 Å². The van der Waals surface area contributed by atoms with Crippen LogP contribution >= 0.6 is 35.0 Å². The molecule has 0 aliphatic heterocycles. The van der Waals surface area contributed by atoms with Crippen molar-refractivity contribution in [3.05, 3.63) is 40.1 Å². The summed E-state index contributed by atoms with van der Waals surface area (Å²) in [5.41, 5.74) is 0.719. The second-order valence-corrected chi connectivity index (χ2v) is 6.63. The first-order valence-electron chi connectivity index (χ1n) is 6.35. The Morgan fingerprint density at radius 2 is 2.09 bits per heavy atom. The van der Waals surface area contributed by atoms with Gasteiger partial charge in [0, 0.05) is 11.9 Å². The van der Waals surface area contributed by atoms with Crippen molar-refractivity contribution < 1.29 is 9.72 Å². The molecule has 1 aromatic carbocycles. The van der Waals surface area contributed by atoms with Crippen LogP contribution in [-0.4, -0.2) is 25.4 Å². The molecule has 1 aromatic heterocycles. The number of benzene rings is 1. The highest BCUT2D eigenvalue weighted by atomic mass is 35.5. The third-order valence-electron chi connectivity index (χ3n) is 2.87. The smallest absolute Gasteiger partial charge is 0.323 e. The van der Waals surface area contributed by atoms with Gasteiger partial charge in [0.2, 0.25) is 0 Å². The van der Waals surface area contributed by atoms with Crippen molar-refractivity contribution in [3.63, 3.8) is 0 Å². The van der Waals surface area contributed by atoms with Crippen LogP contribution in [0, 0.1) is 17.0 Å². The van der Waals surface area contributed by atoms with Gasteiger partial charge in [0.1, 0.15) is 5.69 Å². The van der Waals surface area contributed by atoms with Crippen molar-refractivity contribution in [2.24, 2.45) is 7.05 Å². The number of para-hydroxylation sites is 1. The summed E-state index contributed by atoms with van der Waals surface area (Å²) < 4.78 is 1.43. The van der Waals surface area contributed by atoms with Gasteiger partial charge in [0.25, 0.3) is 5.91 Å². The number of aromatic nitrogens is 2. The van der Waals surface area contributed by atoms with E-state index in [1.807, 2.05) is 0 Å². The molecule has 122 valence electrons. The first kappa shape index (κ1) is 17.6. The molecule has 0 aliphatic carbocycles. The normalized spacial score (nSPS) is 10.8. The molecule has 0 saturated heterocycles. The molecule has 1 N–H and O–H groups in total. The molecule has 0 radical (unpaired) electrons. The van der Waals surface area contributed by atoms with Crippen molar-refractivity contribution in [3.8, 4) is 0 Å². The van der Waals surface area contributed by atoms with E-state index in [2.05, 4.69) is 10.4 Å². The molecule has 0 spiro atoms. The number of nitrogens with zero attached hydrogens (tertiary/aromatic N) is 3. The zero-order valence-electron chi connectivity index (χ0n) is 12.1. The van der Waals surface area contributed by atoms with Gasteiger partial charge in [0.15, 0.2) is 9.86 Å². The van der Waals surface area contributed by atoms with Gasteiger partial charge < -0.3 is 5.32 Å². The Balaban J connectivity index is 2.39. The predicted molar refractivity (Wildman–Crippen MR) is 89.3 cm³/mol. The lowest BCUT2D eigenvalue weighted by atomic mass is 10.3. The highest BCUT2D eigenvalue weighted by Crippen LogP contribution is 2.39. The van der Waals surface area contributed by atoms with Gasteiger partial charge in [-0.1, -0.05) is 47.1 Å². The summed E-state index contributed by atoms with van der Waals surface area (Å²) >= 11 is 12.2. The van der Waals surface area contributed by atoms with Crippen LogP contribution in [0.25, 0.3) is 0 Å². The minimum atomic E-state index is -1.21. The Labute approximate surface area is 146 Å². The van der Waals surface area contributed by atoms with E-state index in [1.54, 1.807) is 38.2 Å². The molecule has 1 amide bonds. The van der Waals surface area contributed by atoms with Crippen molar-refractivity contribution >= 4 is 52.2 Å². The number of carbonyl (C=O) groups is 1. The molecule has 0 aliphatic rings. The van der Waals surface area contributed by atoms with E-state index in [0.29, 0.717) is 21.3 Å². The average Bonchev–Trinajstić information content (AvgIpc) is 2.75. The van der Waals surface area contributed by atoms with E-state index in [4.69, 9.17) is 23.2 Å². The summed E-state index contributed by atoms with van der Waals surface area (Å²) in [6.45, 7) is 1.57. The maximum absolute atomic E-state index is 11.7. The maximum atomic E-state index is 11.7. The fourth-order valence-corrected chi connectivity index (χ4v) is 3.09. The zero-order valence-corrected chi connectivity index (χ0v) is 14.4. The first-order chi connectivity index (χ1) is 10.8. The number of hydrogen-bond acceptors (Lipinski definition) is 5. The Morgan fingerprint density at radius 1 is 1.43 bits per heavy atom. The summed E-state index contributed by atoms with van der Waals surface area (Å²) in [5.74, 6) is -0.572. The van der Waals surface area contributed by atoms with E-state index >= 15 is 0 Å². The fourth-order valence-electron chi connectivity index (χ4n) is 1.90. The van der Waals surface area contributed by atoms with Gasteiger partial charge >= 0.3 is 5.69 Å². The molecule has 10 heteroatoms. The van der Waals surface area contributed by atoms with Crippen LogP contribution in [0.1, 0.15) is 5.69 Å². The molecule has 1 heterocycles. The lowest BCUT2D eigenvalue weighted by Gasteiger charge is -2.10. The number of amides is 1. The zero-order chi connectivity index (χ0) is 17.1. The Morgan fingerprint density at radius 3 is 2.70 bits per heavy atom. The molecule has 2 aromatic rings. The van der Waals surface area contributed by atoms with Crippen LogP contribution in [0.3, 0.4) is 0 Å². The van der Waals surface area contributed by atoms with Crippen LogP contribution in [0.4, 0.5) is 11.4 Å². The van der Waals surface area contributed by atoms with E-state index in [9.17, 15) is 14.9 Å². The Hall–Kier alpha value is -1.77. The van der Waals surface area contributed by atoms with E-state index in [0.717, 1.165) is 11.8 Å². The number of aryl methyl sites for hydroxylation is 2. The third kappa shape index (κ3) is 3.95. The molecule has 0 atom stereocenters. The SMILES string of the molecule is Cc1nn(C)c(Sc2ccccc2NC(=O)C(Cl)Cl)c1[N+](=O)[O-]. The summed E-state index contributed by atoms with van der Waals surface area (Å²) in [6.07, 6.45) is 0. The topological polar surface area (TPSA) is 90.1 Å². The number of anilines is 1. The van der Waals surface area contributed by atoms with Gasteiger partial charge in [0.05, 0.1) is 10.6 Å². The van der Waals surface area contributed by atoms with Gasteiger partial charge in [-0.3, -0.25) is 19.6 Å². The third-order valence-corrected chi connectivity index (χ3v) is 4.49. The number of nitro groups is 1. The van der Waals surface area contributed by atoms with Crippen LogP contribution in [-0.2, 0) is 11.8 Å². The number of rotatable bonds is 5. The number of carbonyl (C=O) groups excluding carboxylic acids is 1. The summed E-state index contributed by atoms with van der Waals surface area (Å²) in [5, 5.41) is 18.2. The highest BCUT2D eigenvalue weighted by molar-refractivity contribution is 7.99. The van der Waals surface area contributed by atoms with Gasteiger partial charge in [-0.25, -0.2) is 0 Å². The summed E-state index contributed by atoms with van der Waals surface area (Å²) in [6, 6.07) is 6.86. The molecule has 7 nitrogen and oxygen atoms in total. The summed E-state index contributed by atoms with van der Waals surface area (Å²) in [7, 11) is 1.62. The van der Waals surface area contributed by atoms with Gasteiger partial charge in [-0.05, 0) is 19.1 Å². The predicted octanol–water partition coefficient (Wildman–Crippen LogP) is 3.53. The second-order valence-electron chi connectivity index (χ2n) is 4.51. The lowest BCUT2D eigenvalue weighted by molar-refractivity contribution is -0.388. The van der Waals surface area contributed by atoms with Crippen molar-refractivity contribution in [2.45, 2.75) is 21.7 Å². The van der Waals surface area contributed by atoms with E-state index < -0.39 is 15.7 Å². The number of alkyl halides is 2. The highest BCUT2D eigenvalue weighted by Gasteiger charge is 2.25. The maximum Gasteiger partial charge on any atom is 0.324 e. The van der Waals surface area contributed by atoms with E-state index in [1.165, 1.54) is 4.68 Å². The second kappa shape index (κ2) is 7.20. The largest absolute Gasteiger partial charge is 0.324 e. The minimum absolute atomic E-state index is 0.0637. The molecule has 0 unspecified atom stereocenters. The monoisotopic (exact) mass is 374 g/mol. The standard InChI is InChI=1S/C13H12Cl2N4O3S/c1-7-10(19(21)22)13(18(2)17-7)23-9-6-4-3-5-8(9)16-12(20)11(14)15/h3-6,11H,1-2H3,(H,16,20). The Kier molecular flexibility index (Phi) is 5.51. The van der Waals surface area contributed by atoms with Crippen molar-refractivity contribution in [1.82, 2.24) is 9.78 Å². The number of halogens is 2. The van der Waals surface area contributed by atoms with Gasteiger partial charge in [-0.15, -0.1) is 0 Å². The van der Waals surface area contributed by atoms with Crippen LogP contribution < -0.4 is 5.32 Å². The van der Waals surface area contributed by atoms with Crippen LogP contribution in [0.2, 0.25) is 0 Å². The first-order valence-corrected chi connectivity index (χ1v) is 8.04. The van der Waals surface area contributed by atoms with Crippen molar-refractivity contribution in [2.75, 3.05) is 5.32 Å². The van der Waals surface area contributed by atoms with E-state index in [-0.39, 0.29) is 5.69 Å². The molecule has 23 heavy (non-hydrogen) atoms.